The topological polar surface area (TPSA) is 69.7 Å². The highest BCUT2D eigenvalue weighted by Crippen LogP contribution is 2.28. The Balaban J connectivity index is 1.28. The van der Waals surface area contributed by atoms with Crippen molar-refractivity contribution in [1.82, 2.24) is 25.1 Å². The summed E-state index contributed by atoms with van der Waals surface area (Å²) in [6.45, 7) is 16.1. The Morgan fingerprint density at radius 3 is 2.80 bits per heavy atom. The van der Waals surface area contributed by atoms with Crippen molar-refractivity contribution in [2.45, 2.75) is 39.5 Å². The zero-order valence-electron chi connectivity index (χ0n) is 23.9. The molecule has 0 aliphatic carbocycles. The molecule has 3 aromatic heterocycles. The van der Waals surface area contributed by atoms with Crippen molar-refractivity contribution in [1.29, 1.82) is 0 Å². The number of pyridine rings is 2. The number of aromatic nitrogens is 4. The summed E-state index contributed by atoms with van der Waals surface area (Å²) in [4.78, 5) is 11.5. The maximum Gasteiger partial charge on any atom is 0.123 e. The van der Waals surface area contributed by atoms with Gasteiger partial charge in [0.1, 0.15) is 11.5 Å². The fraction of sp³-hybridized carbons (Fsp3) is 0.265. The second kappa shape index (κ2) is 12.9. The molecule has 1 aliphatic heterocycles. The highest BCUT2D eigenvalue weighted by atomic mass is 19.1. The fourth-order valence-corrected chi connectivity index (χ4v) is 5.24. The zero-order chi connectivity index (χ0) is 28.8. The van der Waals surface area contributed by atoms with Crippen molar-refractivity contribution in [2.75, 3.05) is 25.0 Å². The molecule has 0 saturated carbocycles. The molecular weight excluding hydrogens is 511 g/mol. The molecule has 4 aromatic rings. The van der Waals surface area contributed by atoms with Crippen molar-refractivity contribution in [3.63, 3.8) is 0 Å². The van der Waals surface area contributed by atoms with Gasteiger partial charge in [0, 0.05) is 35.1 Å². The number of allylic oxidation sites excluding steroid dienone is 2. The predicted molar refractivity (Wildman–Crippen MR) is 167 cm³/mol. The molecule has 0 atom stereocenters. The van der Waals surface area contributed by atoms with E-state index in [1.165, 1.54) is 43.6 Å². The number of likely N-dealkylation sites (tertiary alicyclic amines) is 1. The molecule has 210 valence electrons. The van der Waals surface area contributed by atoms with Crippen LogP contribution in [0.1, 0.15) is 48.6 Å². The molecule has 0 spiro atoms. The van der Waals surface area contributed by atoms with Crippen molar-refractivity contribution >= 4 is 29.6 Å². The normalized spacial score (nSPS) is 14.5. The summed E-state index contributed by atoms with van der Waals surface area (Å²) in [5.74, 6) is -0.297. The number of halogens is 1. The lowest BCUT2D eigenvalue weighted by molar-refractivity contribution is 0.334. The smallest absolute Gasteiger partial charge is 0.123 e. The Labute approximate surface area is 241 Å². The highest BCUT2D eigenvalue weighted by Gasteiger charge is 2.12. The first kappa shape index (κ1) is 28.2. The highest BCUT2D eigenvalue weighted by molar-refractivity contribution is 5.79. The third-order valence-corrected chi connectivity index (χ3v) is 7.66. The lowest BCUT2D eigenvalue weighted by Crippen LogP contribution is -2.23. The Morgan fingerprint density at radius 1 is 1.17 bits per heavy atom. The van der Waals surface area contributed by atoms with Crippen LogP contribution < -0.4 is 15.9 Å². The molecule has 7 heteroatoms. The van der Waals surface area contributed by atoms with E-state index in [9.17, 15) is 4.39 Å². The van der Waals surface area contributed by atoms with Crippen LogP contribution in [-0.2, 0) is 6.42 Å². The van der Waals surface area contributed by atoms with E-state index in [0.717, 1.165) is 57.9 Å². The summed E-state index contributed by atoms with van der Waals surface area (Å²) in [6, 6.07) is 10.5. The van der Waals surface area contributed by atoms with Crippen LogP contribution in [0.5, 0.6) is 0 Å². The first-order chi connectivity index (χ1) is 19.9. The third-order valence-electron chi connectivity index (χ3n) is 7.66. The van der Waals surface area contributed by atoms with E-state index >= 15 is 0 Å². The van der Waals surface area contributed by atoms with Crippen LogP contribution in [0.2, 0.25) is 0 Å². The van der Waals surface area contributed by atoms with Crippen LogP contribution >= 0.6 is 0 Å². The molecule has 2 N–H and O–H groups in total. The summed E-state index contributed by atoms with van der Waals surface area (Å²) >= 11 is 0. The molecular formula is C34H37FN6. The summed E-state index contributed by atoms with van der Waals surface area (Å²) in [6.07, 6.45) is 14.5. The number of aryl methyl sites for hydroxylation is 1. The first-order valence-electron chi connectivity index (χ1n) is 14.2. The second-order valence-electron chi connectivity index (χ2n) is 10.7. The van der Waals surface area contributed by atoms with Gasteiger partial charge in [-0.25, -0.2) is 4.39 Å². The van der Waals surface area contributed by atoms with Gasteiger partial charge < -0.3 is 10.2 Å². The maximum atomic E-state index is 13.8. The Bertz CT molecular complexity index is 1680. The number of hydrogen-bond acceptors (Lipinski definition) is 5. The van der Waals surface area contributed by atoms with Crippen LogP contribution in [0.3, 0.4) is 0 Å². The van der Waals surface area contributed by atoms with Gasteiger partial charge in [-0.3, -0.25) is 15.1 Å². The van der Waals surface area contributed by atoms with Crippen molar-refractivity contribution in [2.24, 2.45) is 0 Å². The van der Waals surface area contributed by atoms with E-state index in [1.807, 2.05) is 37.5 Å². The van der Waals surface area contributed by atoms with Gasteiger partial charge in [-0.15, -0.1) is 0 Å². The van der Waals surface area contributed by atoms with Crippen LogP contribution in [0.25, 0.3) is 35.2 Å². The summed E-state index contributed by atoms with van der Waals surface area (Å²) in [7, 11) is 0. The molecule has 0 amide bonds. The summed E-state index contributed by atoms with van der Waals surface area (Å²) < 4.78 is 13.8. The van der Waals surface area contributed by atoms with Crippen molar-refractivity contribution < 1.29 is 4.39 Å². The second-order valence-corrected chi connectivity index (χ2v) is 10.7. The van der Waals surface area contributed by atoms with Crippen molar-refractivity contribution in [3.8, 4) is 11.3 Å². The Kier molecular flexibility index (Phi) is 8.85. The molecule has 1 aromatic carbocycles. The van der Waals surface area contributed by atoms with Crippen LogP contribution in [-0.4, -0.2) is 44.7 Å². The van der Waals surface area contributed by atoms with E-state index in [0.29, 0.717) is 17.1 Å². The number of aromatic amines is 1. The minimum Gasteiger partial charge on any atom is -0.354 e. The molecule has 1 aliphatic rings. The lowest BCUT2D eigenvalue weighted by atomic mass is 10.0. The van der Waals surface area contributed by atoms with E-state index in [4.69, 9.17) is 0 Å². The molecule has 5 rings (SSSR count). The average molecular weight is 549 g/mol. The number of rotatable bonds is 10. The van der Waals surface area contributed by atoms with Crippen LogP contribution in [0.15, 0.2) is 67.6 Å². The minimum atomic E-state index is -0.297. The fourth-order valence-electron chi connectivity index (χ4n) is 5.24. The molecule has 1 saturated heterocycles. The molecule has 0 radical (unpaired) electrons. The average Bonchev–Trinajstić information content (AvgIpc) is 3.62. The largest absolute Gasteiger partial charge is 0.354 e. The van der Waals surface area contributed by atoms with Gasteiger partial charge >= 0.3 is 0 Å². The first-order valence-corrected chi connectivity index (χ1v) is 14.2. The van der Waals surface area contributed by atoms with Crippen molar-refractivity contribution in [3.05, 3.63) is 106 Å². The van der Waals surface area contributed by atoms with Crippen LogP contribution in [0.4, 0.5) is 10.1 Å². The summed E-state index contributed by atoms with van der Waals surface area (Å²) in [5.41, 5.74) is 7.88. The predicted octanol–water partition coefficient (Wildman–Crippen LogP) is 5.72. The molecule has 1 fully saturated rings. The Morgan fingerprint density at radius 2 is 2.00 bits per heavy atom. The standard InChI is InChI=1S/C34H37FN6/c1-23(29-19-27(21-36-22-29)9-8-18-41-16-5-6-17-41)12-13-32-25(3)33(40-39-32)26(4)38-31-14-15-37-34(24(31)2)28-10-7-11-30(35)20-28/h7,10-15,19-22,39H,3-6,8-9,16-18H2,1-2H3,(H,37,38)/b23-12+,32-13+. The number of anilines is 1. The van der Waals surface area contributed by atoms with Gasteiger partial charge in [-0.1, -0.05) is 31.4 Å². The number of benzene rings is 1. The van der Waals surface area contributed by atoms with E-state index < -0.39 is 0 Å². The van der Waals surface area contributed by atoms with Crippen LogP contribution in [0, 0.1) is 12.7 Å². The minimum absolute atomic E-state index is 0.297. The number of nitrogens with zero attached hydrogens (tertiary/aromatic N) is 4. The van der Waals surface area contributed by atoms with Gasteiger partial charge in [0.2, 0.25) is 0 Å². The van der Waals surface area contributed by atoms with Gasteiger partial charge in [-0.2, -0.15) is 5.10 Å². The van der Waals surface area contributed by atoms with E-state index in [1.54, 1.807) is 12.3 Å². The maximum absolute atomic E-state index is 13.8. The van der Waals surface area contributed by atoms with E-state index in [-0.39, 0.29) is 5.82 Å². The lowest BCUT2D eigenvalue weighted by Gasteiger charge is -2.14. The zero-order valence-corrected chi connectivity index (χ0v) is 23.9. The number of nitrogens with one attached hydrogen (secondary N) is 2. The van der Waals surface area contributed by atoms with Gasteiger partial charge in [0.05, 0.1) is 16.7 Å². The van der Waals surface area contributed by atoms with Gasteiger partial charge in [0.25, 0.3) is 0 Å². The molecule has 6 nitrogen and oxygen atoms in total. The summed E-state index contributed by atoms with van der Waals surface area (Å²) in [5, 5.41) is 12.5. The van der Waals surface area contributed by atoms with Gasteiger partial charge in [0.15, 0.2) is 0 Å². The quantitative estimate of drug-likeness (QED) is 0.265. The SMILES string of the molecule is C=C(Nc1ccnc(-c2cccc(F)c2)c1C)c1n[nH]/c(=C/C=C(\C)c2cncc(CCCN3CCCC3)c2)c1=C. The number of hydrogen-bond donors (Lipinski definition) is 2. The molecule has 0 bridgehead atoms. The monoisotopic (exact) mass is 548 g/mol. The molecule has 0 unspecified atom stereocenters. The number of H-pyrrole nitrogens is 1. The van der Waals surface area contributed by atoms with E-state index in [2.05, 4.69) is 62.6 Å². The van der Waals surface area contributed by atoms with Gasteiger partial charge in [-0.05, 0) is 112 Å². The third kappa shape index (κ3) is 6.87. The molecule has 4 heterocycles. The molecule has 41 heavy (non-hydrogen) atoms. The Hall–Kier alpha value is -4.36.